The third-order valence-electron chi connectivity index (χ3n) is 2.91. The summed E-state index contributed by atoms with van der Waals surface area (Å²) in [5.74, 6) is 1.34. The molecule has 0 aliphatic heterocycles. The Kier molecular flexibility index (Phi) is 4.80. The van der Waals surface area contributed by atoms with Gasteiger partial charge in [-0.1, -0.05) is 31.9 Å². The number of halogens is 1. The predicted molar refractivity (Wildman–Crippen MR) is 69.1 cm³/mol. The van der Waals surface area contributed by atoms with Crippen molar-refractivity contribution < 1.29 is 0 Å². The summed E-state index contributed by atoms with van der Waals surface area (Å²) in [5.41, 5.74) is 0.749. The van der Waals surface area contributed by atoms with Crippen LogP contribution in [0.5, 0.6) is 0 Å². The smallest absolute Gasteiger partial charge is 0.157 e. The minimum atomic E-state index is 0.350. The molecule has 90 valence electrons. The summed E-state index contributed by atoms with van der Waals surface area (Å²) >= 11 is 5.97. The van der Waals surface area contributed by atoms with Gasteiger partial charge in [0.15, 0.2) is 11.0 Å². The van der Waals surface area contributed by atoms with Crippen molar-refractivity contribution in [2.45, 2.75) is 33.2 Å². The lowest BCUT2D eigenvalue weighted by atomic mass is 10.0. The van der Waals surface area contributed by atoms with Gasteiger partial charge in [0.1, 0.15) is 12.0 Å². The molecule has 5 heteroatoms. The summed E-state index contributed by atoms with van der Waals surface area (Å²) in [6.45, 7) is 6.53. The van der Waals surface area contributed by atoms with Crippen LogP contribution in [-0.4, -0.2) is 23.1 Å². The van der Waals surface area contributed by atoms with E-state index in [2.05, 4.69) is 41.4 Å². The van der Waals surface area contributed by atoms with Gasteiger partial charge in [0, 0.05) is 13.1 Å². The van der Waals surface area contributed by atoms with Gasteiger partial charge in [-0.2, -0.15) is 0 Å². The first-order valence-electron chi connectivity index (χ1n) is 5.54. The van der Waals surface area contributed by atoms with Crippen molar-refractivity contribution in [3.63, 3.8) is 0 Å². The fraction of sp³-hybridized carbons (Fsp3) is 0.636. The van der Waals surface area contributed by atoms with Gasteiger partial charge in [0.05, 0.1) is 0 Å². The van der Waals surface area contributed by atoms with E-state index < -0.39 is 0 Å². The van der Waals surface area contributed by atoms with E-state index in [1.807, 2.05) is 7.05 Å². The molecular weight excluding hydrogens is 224 g/mol. The number of anilines is 2. The predicted octanol–water partition coefficient (Wildman–Crippen LogP) is 3.02. The third-order valence-corrected chi connectivity index (χ3v) is 3.20. The SMILES string of the molecule is CCC(C)C(C)Nc1ncnc(Cl)c1NC. The Balaban J connectivity index is 2.84. The van der Waals surface area contributed by atoms with E-state index in [1.165, 1.54) is 6.33 Å². The topological polar surface area (TPSA) is 49.8 Å². The molecule has 0 radical (unpaired) electrons. The second kappa shape index (κ2) is 5.89. The van der Waals surface area contributed by atoms with Crippen molar-refractivity contribution >= 4 is 23.1 Å². The minimum absolute atomic E-state index is 0.350. The molecule has 0 fully saturated rings. The van der Waals surface area contributed by atoms with E-state index in [1.54, 1.807) is 0 Å². The minimum Gasteiger partial charge on any atom is -0.383 e. The first kappa shape index (κ1) is 13.0. The summed E-state index contributed by atoms with van der Waals surface area (Å²) in [4.78, 5) is 8.13. The standard InChI is InChI=1S/C11H19ClN4/c1-5-7(2)8(3)16-11-9(13-4)10(12)14-6-15-11/h6-8,13H,5H2,1-4H3,(H,14,15,16). The third kappa shape index (κ3) is 2.98. The summed E-state index contributed by atoms with van der Waals surface area (Å²) in [6, 6.07) is 0.350. The number of hydrogen-bond acceptors (Lipinski definition) is 4. The maximum atomic E-state index is 5.97. The van der Waals surface area contributed by atoms with Gasteiger partial charge in [-0.05, 0) is 12.8 Å². The number of aromatic nitrogens is 2. The first-order chi connectivity index (χ1) is 7.60. The molecule has 0 bridgehead atoms. The summed E-state index contributed by atoms with van der Waals surface area (Å²) in [6.07, 6.45) is 2.59. The normalized spacial score (nSPS) is 14.3. The molecule has 0 aromatic carbocycles. The quantitative estimate of drug-likeness (QED) is 0.780. The molecule has 0 aliphatic rings. The molecule has 0 spiro atoms. The highest BCUT2D eigenvalue weighted by atomic mass is 35.5. The molecule has 2 unspecified atom stereocenters. The second-order valence-corrected chi connectivity index (χ2v) is 4.31. The Hall–Kier alpha value is -1.03. The van der Waals surface area contributed by atoms with E-state index in [0.29, 0.717) is 17.1 Å². The van der Waals surface area contributed by atoms with Gasteiger partial charge in [-0.15, -0.1) is 0 Å². The average molecular weight is 243 g/mol. The van der Waals surface area contributed by atoms with Crippen molar-refractivity contribution in [2.24, 2.45) is 5.92 Å². The fourth-order valence-electron chi connectivity index (χ4n) is 1.41. The average Bonchev–Trinajstić information content (AvgIpc) is 2.28. The molecular formula is C11H19ClN4. The Labute approximate surface area is 102 Å². The van der Waals surface area contributed by atoms with Crippen molar-refractivity contribution in [1.29, 1.82) is 0 Å². The molecule has 2 N–H and O–H groups in total. The van der Waals surface area contributed by atoms with Crippen molar-refractivity contribution in [3.8, 4) is 0 Å². The van der Waals surface area contributed by atoms with Crippen molar-refractivity contribution in [1.82, 2.24) is 9.97 Å². The van der Waals surface area contributed by atoms with Gasteiger partial charge < -0.3 is 10.6 Å². The molecule has 1 rings (SSSR count). The van der Waals surface area contributed by atoms with E-state index in [0.717, 1.165) is 17.9 Å². The van der Waals surface area contributed by atoms with Gasteiger partial charge in [0.2, 0.25) is 0 Å². The molecule has 1 heterocycles. The molecule has 4 nitrogen and oxygen atoms in total. The zero-order chi connectivity index (χ0) is 12.1. The second-order valence-electron chi connectivity index (χ2n) is 3.96. The number of nitrogens with zero attached hydrogens (tertiary/aromatic N) is 2. The van der Waals surface area contributed by atoms with Crippen LogP contribution in [0.1, 0.15) is 27.2 Å². The number of hydrogen-bond donors (Lipinski definition) is 2. The lowest BCUT2D eigenvalue weighted by molar-refractivity contribution is 0.493. The van der Waals surface area contributed by atoms with Crippen LogP contribution in [0.4, 0.5) is 11.5 Å². The highest BCUT2D eigenvalue weighted by molar-refractivity contribution is 6.32. The van der Waals surface area contributed by atoms with Gasteiger partial charge >= 0.3 is 0 Å². The zero-order valence-corrected chi connectivity index (χ0v) is 11.0. The fourth-order valence-corrected chi connectivity index (χ4v) is 1.63. The molecule has 0 saturated carbocycles. The molecule has 2 atom stereocenters. The molecule has 0 amide bonds. The summed E-state index contributed by atoms with van der Waals surface area (Å²) < 4.78 is 0. The van der Waals surface area contributed by atoms with Crippen LogP contribution >= 0.6 is 11.6 Å². The Morgan fingerprint density at radius 1 is 1.38 bits per heavy atom. The molecule has 16 heavy (non-hydrogen) atoms. The van der Waals surface area contributed by atoms with Crippen LogP contribution in [0, 0.1) is 5.92 Å². The summed E-state index contributed by atoms with van der Waals surface area (Å²) in [5, 5.41) is 6.80. The van der Waals surface area contributed by atoms with E-state index in [4.69, 9.17) is 11.6 Å². The van der Waals surface area contributed by atoms with Crippen LogP contribution in [0.15, 0.2) is 6.33 Å². The zero-order valence-electron chi connectivity index (χ0n) is 10.2. The molecule has 0 saturated heterocycles. The van der Waals surface area contributed by atoms with Crippen molar-refractivity contribution in [2.75, 3.05) is 17.7 Å². The summed E-state index contributed by atoms with van der Waals surface area (Å²) in [7, 11) is 1.81. The van der Waals surface area contributed by atoms with Gasteiger partial charge in [0.25, 0.3) is 0 Å². The first-order valence-corrected chi connectivity index (χ1v) is 5.92. The van der Waals surface area contributed by atoms with E-state index in [9.17, 15) is 0 Å². The lowest BCUT2D eigenvalue weighted by Gasteiger charge is -2.21. The lowest BCUT2D eigenvalue weighted by Crippen LogP contribution is -2.24. The van der Waals surface area contributed by atoms with Crippen LogP contribution in [0.25, 0.3) is 0 Å². The Bertz CT molecular complexity index is 343. The Morgan fingerprint density at radius 2 is 2.06 bits per heavy atom. The maximum absolute atomic E-state index is 5.97. The van der Waals surface area contributed by atoms with Gasteiger partial charge in [-0.25, -0.2) is 9.97 Å². The van der Waals surface area contributed by atoms with Crippen LogP contribution in [-0.2, 0) is 0 Å². The monoisotopic (exact) mass is 242 g/mol. The highest BCUT2D eigenvalue weighted by Gasteiger charge is 2.14. The number of nitrogens with one attached hydrogen (secondary N) is 2. The van der Waals surface area contributed by atoms with Crippen LogP contribution in [0.3, 0.4) is 0 Å². The largest absolute Gasteiger partial charge is 0.383 e. The van der Waals surface area contributed by atoms with E-state index >= 15 is 0 Å². The van der Waals surface area contributed by atoms with E-state index in [-0.39, 0.29) is 0 Å². The number of rotatable bonds is 5. The molecule has 1 aromatic rings. The Morgan fingerprint density at radius 3 is 2.62 bits per heavy atom. The van der Waals surface area contributed by atoms with Gasteiger partial charge in [-0.3, -0.25) is 0 Å². The highest BCUT2D eigenvalue weighted by Crippen LogP contribution is 2.26. The van der Waals surface area contributed by atoms with Crippen LogP contribution < -0.4 is 10.6 Å². The molecule has 0 aliphatic carbocycles. The van der Waals surface area contributed by atoms with Crippen LogP contribution in [0.2, 0.25) is 5.15 Å². The maximum Gasteiger partial charge on any atom is 0.157 e. The molecule has 1 aromatic heterocycles. The van der Waals surface area contributed by atoms with Crippen molar-refractivity contribution in [3.05, 3.63) is 11.5 Å².